The fraction of sp³-hybridized carbons (Fsp3) is 0.658. The highest BCUT2D eigenvalue weighted by atomic mass is 19.4. The van der Waals surface area contributed by atoms with Crippen LogP contribution in [0.4, 0.5) is 35.1 Å². The minimum atomic E-state index is -5.46. The van der Waals surface area contributed by atoms with Crippen LogP contribution in [0, 0.1) is 29.4 Å². The Morgan fingerprint density at radius 1 is 0.670 bits per heavy atom. The topological polar surface area (TPSA) is 279 Å². The summed E-state index contributed by atoms with van der Waals surface area (Å²) < 4.78 is 120. The molecule has 0 unspecified atom stereocenters. The summed E-state index contributed by atoms with van der Waals surface area (Å²) in [4.78, 5) is 191. The van der Waals surface area contributed by atoms with Crippen LogP contribution in [0.1, 0.15) is 154 Å². The van der Waals surface area contributed by atoms with Gasteiger partial charge in [-0.1, -0.05) is 71.2 Å². The van der Waals surface area contributed by atoms with Crippen LogP contribution in [-0.2, 0) is 87.5 Å². The molecule has 3 aliphatic heterocycles. The van der Waals surface area contributed by atoms with Crippen molar-refractivity contribution in [2.24, 2.45) is 17.8 Å². The van der Waals surface area contributed by atoms with E-state index in [-0.39, 0.29) is 76.2 Å². The Bertz CT molecular complexity index is 3660. The molecule has 0 aromatic heterocycles. The Kier molecular flexibility index (Phi) is 29.9. The third-order valence-electron chi connectivity index (χ3n) is 22.1. The molecule has 2 saturated heterocycles. The number of nitrogens with zero attached hydrogens (tertiary/aromatic N) is 9. The number of benzene rings is 2. The molecule has 2 aliphatic carbocycles. The molecule has 33 heteroatoms. The van der Waals surface area contributed by atoms with Gasteiger partial charge in [-0.05, 0) is 131 Å². The normalized spacial score (nSPS) is 26.0. The van der Waals surface area contributed by atoms with E-state index in [1.54, 1.807) is 53.7 Å². The van der Waals surface area contributed by atoms with Gasteiger partial charge in [0.25, 0.3) is 0 Å². The summed E-state index contributed by atoms with van der Waals surface area (Å²) in [6.45, 7) is 8.35. The molecule has 2 aromatic rings. The zero-order valence-electron chi connectivity index (χ0n) is 64.5. The van der Waals surface area contributed by atoms with E-state index in [1.165, 1.54) is 52.1 Å². The fourth-order valence-corrected chi connectivity index (χ4v) is 15.2. The van der Waals surface area contributed by atoms with Crippen molar-refractivity contribution in [2.45, 2.75) is 217 Å². The second kappa shape index (κ2) is 37.3. The molecule has 604 valence electrons. The van der Waals surface area contributed by atoms with E-state index in [1.807, 2.05) is 0 Å². The molecule has 5 aliphatic rings. The number of halogens is 8. The van der Waals surface area contributed by atoms with Crippen LogP contribution in [0.15, 0.2) is 48.6 Å². The first-order chi connectivity index (χ1) is 51.1. The molecule has 3 heterocycles. The molecule has 25 nitrogen and oxygen atoms in total. The molecule has 4 fully saturated rings. The molecular weight excluding hydrogens is 1440 g/mol. The number of hydrogen-bond acceptors (Lipinski definition) is 13. The van der Waals surface area contributed by atoms with Crippen molar-refractivity contribution in [3.8, 4) is 0 Å². The Labute approximate surface area is 631 Å². The average Bonchev–Trinajstić information content (AvgIpc) is 1.69. The highest BCUT2D eigenvalue weighted by molar-refractivity contribution is 6.01. The average molecular weight is 1550 g/mol. The number of ether oxygens (including phenoxy) is 1. The van der Waals surface area contributed by atoms with E-state index >= 15 is 37.5 Å². The monoisotopic (exact) mass is 1550 g/mol. The SMILES string of the molecule is CCO[C@@H]1C[C@H]2C(=O)NC3(CCC3)C(=O)N(C)[C@@H](C3CCCC3)C(=O)N(C)[C@H](C(=O)N(C)CC)CC(=O)N(C)[C@@H](CC(C)C)C(=O)N[C@@H]([C@@H](C)CC)C(=O)N(C)CC(=O)N(C)[C@H]3C/C=C\CCN(C3=O)[C@@H](Cc3ccc(C(F)(F)F)cc3)C(=O)N(C)CC(=O)N[C@H](CCc3cc(F)c(C(F)(F)F)c(F)c3)C(=O)N2C1. The quantitative estimate of drug-likeness (QED) is 0.142. The van der Waals surface area contributed by atoms with Gasteiger partial charge < -0.3 is 64.8 Å². The van der Waals surface area contributed by atoms with Gasteiger partial charge in [0.05, 0.1) is 31.2 Å². The predicted octanol–water partition coefficient (Wildman–Crippen LogP) is 6.13. The molecule has 12 amide bonds. The second-order valence-corrected chi connectivity index (χ2v) is 30.1. The van der Waals surface area contributed by atoms with E-state index in [9.17, 15) is 55.1 Å². The first-order valence-corrected chi connectivity index (χ1v) is 37.4. The Morgan fingerprint density at radius 3 is 1.85 bits per heavy atom. The Hall–Kier alpha value is -8.78. The molecule has 0 radical (unpaired) electrons. The van der Waals surface area contributed by atoms with Gasteiger partial charge >= 0.3 is 12.4 Å². The van der Waals surface area contributed by atoms with Crippen LogP contribution < -0.4 is 16.0 Å². The van der Waals surface area contributed by atoms with Crippen molar-refractivity contribution in [3.63, 3.8) is 0 Å². The number of fused-ring (bicyclic) bond motifs is 3. The van der Waals surface area contributed by atoms with E-state index < -0.39 is 222 Å². The van der Waals surface area contributed by atoms with Gasteiger partial charge in [-0.2, -0.15) is 26.3 Å². The summed E-state index contributed by atoms with van der Waals surface area (Å²) in [6, 6.07) is -7.31. The summed E-state index contributed by atoms with van der Waals surface area (Å²) in [5, 5.41) is 8.28. The van der Waals surface area contributed by atoms with Crippen molar-refractivity contribution in [1.29, 1.82) is 0 Å². The van der Waals surface area contributed by atoms with E-state index in [2.05, 4.69) is 16.0 Å². The maximum atomic E-state index is 15.6. The van der Waals surface area contributed by atoms with Crippen LogP contribution in [-0.4, -0.2) is 264 Å². The van der Waals surface area contributed by atoms with Gasteiger partial charge in [-0.15, -0.1) is 0 Å². The number of carbonyl (C=O) groups excluding carboxylic acids is 12. The summed E-state index contributed by atoms with van der Waals surface area (Å²) >= 11 is 0. The van der Waals surface area contributed by atoms with Crippen LogP contribution >= 0.6 is 0 Å². The smallest absolute Gasteiger partial charge is 0.377 e. The van der Waals surface area contributed by atoms with E-state index in [4.69, 9.17) is 4.74 Å². The summed E-state index contributed by atoms with van der Waals surface area (Å²) in [6.07, 6.45) is -7.44. The molecular formula is C76H106F8N12O13. The fourth-order valence-electron chi connectivity index (χ4n) is 15.2. The van der Waals surface area contributed by atoms with Crippen LogP contribution in [0.25, 0.3) is 0 Å². The molecule has 1 spiro atoms. The number of carbonyl (C=O) groups is 12. The molecule has 10 atom stereocenters. The summed E-state index contributed by atoms with van der Waals surface area (Å²) in [5.74, 6) is -15.3. The maximum absolute atomic E-state index is 15.6. The highest BCUT2D eigenvalue weighted by Crippen LogP contribution is 2.40. The third-order valence-corrected chi connectivity index (χ3v) is 22.1. The first-order valence-electron chi connectivity index (χ1n) is 37.4. The maximum Gasteiger partial charge on any atom is 0.422 e. The van der Waals surface area contributed by atoms with Crippen molar-refractivity contribution in [2.75, 3.05) is 88.7 Å². The van der Waals surface area contributed by atoms with Crippen LogP contribution in [0.2, 0.25) is 0 Å². The largest absolute Gasteiger partial charge is 0.422 e. The lowest BCUT2D eigenvalue weighted by Gasteiger charge is -2.46. The zero-order chi connectivity index (χ0) is 81.1. The highest BCUT2D eigenvalue weighted by Gasteiger charge is 2.54. The lowest BCUT2D eigenvalue weighted by atomic mass is 9.74. The van der Waals surface area contributed by atoms with Crippen LogP contribution in [0.5, 0.6) is 0 Å². The molecule has 2 saturated carbocycles. The minimum absolute atomic E-state index is 0.0346. The zero-order valence-corrected chi connectivity index (χ0v) is 64.5. The number of likely N-dealkylation sites (N-methyl/N-ethyl adjacent to an activating group) is 7. The van der Waals surface area contributed by atoms with Crippen LogP contribution in [0.3, 0.4) is 0 Å². The summed E-state index contributed by atoms with van der Waals surface area (Å²) in [5.41, 5.74) is -5.25. The third kappa shape index (κ3) is 21.0. The number of alkyl halides is 6. The second-order valence-electron chi connectivity index (χ2n) is 30.1. The predicted molar refractivity (Wildman–Crippen MR) is 383 cm³/mol. The van der Waals surface area contributed by atoms with Crippen molar-refractivity contribution >= 4 is 70.9 Å². The van der Waals surface area contributed by atoms with E-state index in [0.29, 0.717) is 50.7 Å². The molecule has 7 rings (SSSR count). The molecule has 3 N–H and O–H groups in total. The number of nitrogens with one attached hydrogen (secondary N) is 3. The van der Waals surface area contributed by atoms with Gasteiger partial charge in [0.2, 0.25) is 70.9 Å². The molecule has 109 heavy (non-hydrogen) atoms. The Balaban J connectivity index is 1.36. The van der Waals surface area contributed by atoms with Gasteiger partial charge in [0, 0.05) is 88.4 Å². The summed E-state index contributed by atoms with van der Waals surface area (Å²) in [7, 11) is 9.32. The van der Waals surface area contributed by atoms with Crippen molar-refractivity contribution < 1.29 is 97.4 Å². The van der Waals surface area contributed by atoms with Gasteiger partial charge in [-0.3, -0.25) is 57.5 Å². The molecule has 2 bridgehead atoms. The minimum Gasteiger partial charge on any atom is -0.377 e. The number of rotatable bonds is 14. The van der Waals surface area contributed by atoms with Crippen molar-refractivity contribution in [1.82, 2.24) is 60.0 Å². The number of amides is 12. The van der Waals surface area contributed by atoms with Crippen molar-refractivity contribution in [3.05, 3.63) is 82.4 Å². The number of hydrogen-bond donors (Lipinski definition) is 3. The lowest BCUT2D eigenvalue weighted by molar-refractivity contribution is -0.158. The lowest BCUT2D eigenvalue weighted by Crippen LogP contribution is -2.68. The first kappa shape index (κ1) is 87.4. The van der Waals surface area contributed by atoms with Gasteiger partial charge in [0.1, 0.15) is 71.1 Å². The standard InChI is InChI=1S/C76H106F8N12O13/c1-14-45(6)63-71(106)90(9)43-61(99)91(10)54-25-18-17-21-34-95(70(54)105)58(38-46-26-29-49(30-27-46)75(79,80)81)69(104)89(8)42-59(97)85-53(31-28-47-36-51(77)62(52(78)37-47)76(82,83)84)67(102)96-41-50(109-16-3)39-56(96)66(101)87-74(32-22-33-74)73(108)94(13)64(48-23-19-20-24-48)72(107)93(12)57(68(103)88(7)15-2)40-60(98)92(11)55(35-44(4)5)65(100)86-63/h17-18,26-27,29-30,36-37,44-45,48,50,53-58,63-64H,14-16,19-25,28,31-35,38-43H2,1-13H3,(H,85,97)(H,86,100)(H,87,101)/b18-17-/t45-,50+,53+,54-,55-,56-,57-,58-,63-,64-/m0/s1. The molecule has 2 aromatic carbocycles. The number of aryl methyl sites for hydroxylation is 1. The van der Waals surface area contributed by atoms with Gasteiger partial charge in [-0.25, -0.2) is 8.78 Å². The Morgan fingerprint density at radius 2 is 1.29 bits per heavy atom. The van der Waals surface area contributed by atoms with Gasteiger partial charge in [0.15, 0.2) is 0 Å². The van der Waals surface area contributed by atoms with E-state index in [0.717, 1.165) is 65.6 Å².